The molecule has 4 rings (SSSR count). The zero-order chi connectivity index (χ0) is 20.2. The molecule has 0 spiro atoms. The number of amides is 1. The van der Waals surface area contributed by atoms with Gasteiger partial charge in [-0.1, -0.05) is 42.1 Å². The third-order valence-corrected chi connectivity index (χ3v) is 5.61. The summed E-state index contributed by atoms with van der Waals surface area (Å²) in [6.07, 6.45) is 2.10. The van der Waals surface area contributed by atoms with Crippen LogP contribution in [0, 0.1) is 12.7 Å². The summed E-state index contributed by atoms with van der Waals surface area (Å²) in [5.74, 6) is 1.22. The van der Waals surface area contributed by atoms with E-state index in [9.17, 15) is 9.18 Å². The van der Waals surface area contributed by atoms with Crippen LogP contribution in [0.5, 0.6) is 0 Å². The first-order chi connectivity index (χ1) is 14.1. The number of hydrogen-bond donors (Lipinski definition) is 0. The Balaban J connectivity index is 1.42. The van der Waals surface area contributed by atoms with Crippen LogP contribution in [0.1, 0.15) is 17.9 Å². The number of aliphatic imine (C=N–C) groups is 1. The van der Waals surface area contributed by atoms with Gasteiger partial charge in [0.25, 0.3) is 0 Å². The van der Waals surface area contributed by atoms with Crippen LogP contribution in [0.25, 0.3) is 11.3 Å². The van der Waals surface area contributed by atoms with Crippen LogP contribution in [0.15, 0.2) is 64.1 Å². The Labute approximate surface area is 172 Å². The number of nitrogens with zero attached hydrogens (tertiary/aromatic N) is 3. The largest absolute Gasteiger partial charge is 0.441 e. The second kappa shape index (κ2) is 8.61. The summed E-state index contributed by atoms with van der Waals surface area (Å²) in [4.78, 5) is 23.3. The van der Waals surface area contributed by atoms with Gasteiger partial charge in [-0.3, -0.25) is 9.69 Å². The first-order valence-electron chi connectivity index (χ1n) is 9.39. The lowest BCUT2D eigenvalue weighted by Gasteiger charge is -2.15. The van der Waals surface area contributed by atoms with Gasteiger partial charge < -0.3 is 4.42 Å². The normalized spacial score (nSPS) is 15.2. The molecule has 0 atom stereocenters. The molecule has 0 saturated carbocycles. The molecule has 1 saturated heterocycles. The Morgan fingerprint density at radius 1 is 1.24 bits per heavy atom. The molecule has 1 aromatic heterocycles. The van der Waals surface area contributed by atoms with Crippen LogP contribution < -0.4 is 0 Å². The summed E-state index contributed by atoms with van der Waals surface area (Å²) in [5, 5.41) is 0.726. The topological polar surface area (TPSA) is 58.7 Å². The summed E-state index contributed by atoms with van der Waals surface area (Å²) < 4.78 is 19.5. The van der Waals surface area contributed by atoms with Gasteiger partial charge in [-0.25, -0.2) is 14.4 Å². The van der Waals surface area contributed by atoms with Crippen LogP contribution in [0.3, 0.4) is 0 Å². The van der Waals surface area contributed by atoms with E-state index in [0.717, 1.165) is 22.2 Å². The fourth-order valence-electron chi connectivity index (χ4n) is 3.08. The summed E-state index contributed by atoms with van der Waals surface area (Å²) >= 11 is 1.58. The van der Waals surface area contributed by atoms with E-state index in [1.165, 1.54) is 12.3 Å². The zero-order valence-corrected chi connectivity index (χ0v) is 16.8. The van der Waals surface area contributed by atoms with Crippen molar-refractivity contribution in [3.05, 3.63) is 72.0 Å². The Bertz CT molecular complexity index is 1060. The van der Waals surface area contributed by atoms with Crippen molar-refractivity contribution in [2.75, 3.05) is 12.3 Å². The third kappa shape index (κ3) is 4.40. The van der Waals surface area contributed by atoms with E-state index in [1.54, 1.807) is 34.9 Å². The number of halogens is 1. The van der Waals surface area contributed by atoms with Gasteiger partial charge in [-0.05, 0) is 30.7 Å². The number of amidine groups is 1. The number of carbonyl (C=O) groups excluding carboxylic acids is 1. The molecule has 1 fully saturated rings. The predicted molar refractivity (Wildman–Crippen MR) is 113 cm³/mol. The first-order valence-corrected chi connectivity index (χ1v) is 10.4. The van der Waals surface area contributed by atoms with Gasteiger partial charge in [-0.15, -0.1) is 0 Å². The first kappa shape index (κ1) is 19.4. The lowest BCUT2D eigenvalue weighted by molar-refractivity contribution is -0.126. The summed E-state index contributed by atoms with van der Waals surface area (Å²) in [5.41, 5.74) is 2.30. The molecule has 0 bridgehead atoms. The SMILES string of the molecule is Cc1ccccc1N=C1SCCN1C(=O)CCc1ncc(-c2ccccc2F)o1. The van der Waals surface area contributed by atoms with Gasteiger partial charge >= 0.3 is 0 Å². The van der Waals surface area contributed by atoms with Gasteiger partial charge in [0.15, 0.2) is 16.8 Å². The maximum atomic E-state index is 13.9. The second-order valence-electron chi connectivity index (χ2n) is 6.67. The lowest BCUT2D eigenvalue weighted by Crippen LogP contribution is -2.31. The molecule has 0 N–H and O–H groups in total. The molecule has 3 aromatic rings. The van der Waals surface area contributed by atoms with Crippen LogP contribution >= 0.6 is 11.8 Å². The van der Waals surface area contributed by atoms with Gasteiger partial charge in [0, 0.05) is 25.1 Å². The van der Waals surface area contributed by atoms with Gasteiger partial charge in [0.1, 0.15) is 5.82 Å². The molecule has 148 valence electrons. The van der Waals surface area contributed by atoms with E-state index >= 15 is 0 Å². The summed E-state index contributed by atoms with van der Waals surface area (Å²) in [7, 11) is 0. The number of oxazole rings is 1. The molecule has 7 heteroatoms. The minimum atomic E-state index is -0.363. The molecule has 2 aromatic carbocycles. The van der Waals surface area contributed by atoms with Gasteiger partial charge in [0.05, 0.1) is 17.4 Å². The van der Waals surface area contributed by atoms with Crippen molar-refractivity contribution in [3.8, 4) is 11.3 Å². The van der Waals surface area contributed by atoms with Crippen molar-refractivity contribution in [3.63, 3.8) is 0 Å². The highest BCUT2D eigenvalue weighted by atomic mass is 32.2. The molecule has 29 heavy (non-hydrogen) atoms. The molecule has 0 radical (unpaired) electrons. The van der Waals surface area contributed by atoms with E-state index in [0.29, 0.717) is 30.2 Å². The van der Waals surface area contributed by atoms with Crippen molar-refractivity contribution in [1.29, 1.82) is 0 Å². The number of benzene rings is 2. The highest BCUT2D eigenvalue weighted by Gasteiger charge is 2.26. The molecule has 0 unspecified atom stereocenters. The van der Waals surface area contributed by atoms with Crippen molar-refractivity contribution in [2.45, 2.75) is 19.8 Å². The van der Waals surface area contributed by atoms with Crippen LogP contribution in [-0.4, -0.2) is 33.3 Å². The molecular formula is C22H20FN3O2S. The number of para-hydroxylation sites is 1. The van der Waals surface area contributed by atoms with E-state index in [2.05, 4.69) is 9.98 Å². The van der Waals surface area contributed by atoms with E-state index in [-0.39, 0.29) is 18.1 Å². The molecule has 5 nitrogen and oxygen atoms in total. The van der Waals surface area contributed by atoms with Gasteiger partial charge in [-0.2, -0.15) is 0 Å². The number of carbonyl (C=O) groups is 1. The summed E-state index contributed by atoms with van der Waals surface area (Å²) in [6.45, 7) is 2.64. The van der Waals surface area contributed by atoms with Crippen molar-refractivity contribution < 1.29 is 13.6 Å². The monoisotopic (exact) mass is 409 g/mol. The number of thioether (sulfide) groups is 1. The lowest BCUT2D eigenvalue weighted by atomic mass is 10.2. The maximum absolute atomic E-state index is 13.9. The molecule has 0 aliphatic carbocycles. The summed E-state index contributed by atoms with van der Waals surface area (Å²) in [6, 6.07) is 14.2. The molecule has 1 aliphatic heterocycles. The van der Waals surface area contributed by atoms with Crippen LogP contribution in [0.4, 0.5) is 10.1 Å². The third-order valence-electron chi connectivity index (χ3n) is 4.66. The second-order valence-corrected chi connectivity index (χ2v) is 7.73. The number of rotatable bonds is 5. The Morgan fingerprint density at radius 2 is 2.03 bits per heavy atom. The van der Waals surface area contributed by atoms with Gasteiger partial charge in [0.2, 0.25) is 5.91 Å². The average molecular weight is 409 g/mol. The Morgan fingerprint density at radius 3 is 2.86 bits per heavy atom. The quantitative estimate of drug-likeness (QED) is 0.596. The van der Waals surface area contributed by atoms with Crippen LogP contribution in [0.2, 0.25) is 0 Å². The van der Waals surface area contributed by atoms with Crippen molar-refractivity contribution >= 4 is 28.5 Å². The smallest absolute Gasteiger partial charge is 0.229 e. The Hall–Kier alpha value is -2.93. The molecule has 1 aliphatic rings. The average Bonchev–Trinajstić information content (AvgIpc) is 3.38. The standard InChI is InChI=1S/C22H20FN3O2S/c1-15-6-2-5-9-18(15)25-22-26(12-13-29-22)21(27)11-10-20-24-14-19(28-20)16-7-3-4-8-17(16)23/h2-9,14H,10-13H2,1H3. The molecule has 1 amide bonds. The van der Waals surface area contributed by atoms with E-state index < -0.39 is 0 Å². The van der Waals surface area contributed by atoms with E-state index in [4.69, 9.17) is 4.42 Å². The maximum Gasteiger partial charge on any atom is 0.229 e. The van der Waals surface area contributed by atoms with Crippen LogP contribution in [-0.2, 0) is 11.2 Å². The molecular weight excluding hydrogens is 389 g/mol. The minimum absolute atomic E-state index is 0.0204. The molecule has 2 heterocycles. The zero-order valence-electron chi connectivity index (χ0n) is 16.0. The fraction of sp³-hybridized carbons (Fsp3) is 0.227. The Kier molecular flexibility index (Phi) is 5.76. The number of hydrogen-bond acceptors (Lipinski definition) is 5. The van der Waals surface area contributed by atoms with Crippen molar-refractivity contribution in [1.82, 2.24) is 9.88 Å². The van der Waals surface area contributed by atoms with Crippen molar-refractivity contribution in [2.24, 2.45) is 4.99 Å². The predicted octanol–water partition coefficient (Wildman–Crippen LogP) is 4.98. The fourth-order valence-corrected chi connectivity index (χ4v) is 4.05. The highest BCUT2D eigenvalue weighted by Crippen LogP contribution is 2.26. The van der Waals surface area contributed by atoms with E-state index in [1.807, 2.05) is 31.2 Å². The minimum Gasteiger partial charge on any atom is -0.441 e. The number of aryl methyl sites for hydroxylation is 2. The number of aromatic nitrogens is 1. The highest BCUT2D eigenvalue weighted by molar-refractivity contribution is 8.14.